The summed E-state index contributed by atoms with van der Waals surface area (Å²) >= 11 is 0. The lowest BCUT2D eigenvalue weighted by atomic mass is 10.1. The van der Waals surface area contributed by atoms with Gasteiger partial charge in [-0.05, 0) is 55.2 Å². The van der Waals surface area contributed by atoms with Gasteiger partial charge in [-0.2, -0.15) is 4.39 Å². The first-order chi connectivity index (χ1) is 13.4. The van der Waals surface area contributed by atoms with Crippen molar-refractivity contribution in [1.82, 2.24) is 14.3 Å². The fraction of sp³-hybridized carbons (Fsp3) is 0.350. The van der Waals surface area contributed by atoms with Gasteiger partial charge >= 0.3 is 0 Å². The summed E-state index contributed by atoms with van der Waals surface area (Å²) in [7, 11) is -3.25. The number of rotatable bonds is 5. The first-order valence-electron chi connectivity index (χ1n) is 9.43. The number of aromatic nitrogens is 2. The number of pyridine rings is 1. The average molecular weight is 400 g/mol. The van der Waals surface area contributed by atoms with Gasteiger partial charge in [0.05, 0.1) is 17.5 Å². The van der Waals surface area contributed by atoms with E-state index in [0.717, 1.165) is 35.0 Å². The summed E-state index contributed by atoms with van der Waals surface area (Å²) in [4.78, 5) is 3.98. The SMILES string of the molecule is Nc1ccc2c(c1)c1c(n2Cc2cccc(F)n2)C[C@H](NS(=O)(=O)C2CC2)C1. The second-order valence-corrected chi connectivity index (χ2v) is 9.70. The van der Waals surface area contributed by atoms with Crippen molar-refractivity contribution in [3.05, 3.63) is 59.3 Å². The highest BCUT2D eigenvalue weighted by atomic mass is 32.2. The molecule has 0 bridgehead atoms. The van der Waals surface area contributed by atoms with Crippen LogP contribution in [0.25, 0.3) is 10.9 Å². The number of nitrogens with zero attached hydrogens (tertiary/aromatic N) is 2. The van der Waals surface area contributed by atoms with Gasteiger partial charge in [0, 0.05) is 34.7 Å². The van der Waals surface area contributed by atoms with Crippen LogP contribution in [0.5, 0.6) is 0 Å². The Morgan fingerprint density at radius 1 is 1.21 bits per heavy atom. The molecular formula is C20H21FN4O2S. The number of fused-ring (bicyclic) bond motifs is 3. The molecule has 1 atom stereocenters. The number of hydrogen-bond donors (Lipinski definition) is 2. The molecule has 8 heteroatoms. The molecule has 3 aromatic rings. The molecule has 6 nitrogen and oxygen atoms in total. The van der Waals surface area contributed by atoms with Gasteiger partial charge < -0.3 is 10.3 Å². The van der Waals surface area contributed by atoms with Crippen LogP contribution in [0.15, 0.2) is 36.4 Å². The predicted molar refractivity (Wildman–Crippen MR) is 106 cm³/mol. The van der Waals surface area contributed by atoms with E-state index in [1.807, 2.05) is 18.2 Å². The normalized spacial score (nSPS) is 19.2. The fourth-order valence-corrected chi connectivity index (χ4v) is 5.76. The summed E-state index contributed by atoms with van der Waals surface area (Å²) < 4.78 is 43.3. The number of sulfonamides is 1. The lowest BCUT2D eigenvalue weighted by Crippen LogP contribution is -2.37. The van der Waals surface area contributed by atoms with Gasteiger partial charge in [0.15, 0.2) is 0 Å². The van der Waals surface area contributed by atoms with Crippen LogP contribution >= 0.6 is 0 Å². The highest BCUT2D eigenvalue weighted by Crippen LogP contribution is 2.36. The van der Waals surface area contributed by atoms with Gasteiger partial charge in [-0.3, -0.25) is 0 Å². The predicted octanol–water partition coefficient (Wildman–Crippen LogP) is 2.35. The van der Waals surface area contributed by atoms with Crippen LogP contribution in [0.3, 0.4) is 0 Å². The maximum absolute atomic E-state index is 13.6. The van der Waals surface area contributed by atoms with Gasteiger partial charge in [-0.25, -0.2) is 18.1 Å². The smallest absolute Gasteiger partial charge is 0.214 e. The number of nitrogens with one attached hydrogen (secondary N) is 1. The van der Waals surface area contributed by atoms with E-state index in [-0.39, 0.29) is 11.3 Å². The minimum absolute atomic E-state index is 0.159. The highest BCUT2D eigenvalue weighted by Gasteiger charge is 2.39. The Morgan fingerprint density at radius 3 is 2.79 bits per heavy atom. The number of halogens is 1. The van der Waals surface area contributed by atoms with Crippen molar-refractivity contribution in [3.63, 3.8) is 0 Å². The van der Waals surface area contributed by atoms with Gasteiger partial charge in [0.1, 0.15) is 0 Å². The van der Waals surface area contributed by atoms with Crippen molar-refractivity contribution in [2.24, 2.45) is 0 Å². The quantitative estimate of drug-likeness (QED) is 0.508. The van der Waals surface area contributed by atoms with Crippen molar-refractivity contribution >= 4 is 26.6 Å². The maximum Gasteiger partial charge on any atom is 0.214 e. The Kier molecular flexibility index (Phi) is 3.96. The molecular weight excluding hydrogens is 379 g/mol. The van der Waals surface area contributed by atoms with Crippen LogP contribution < -0.4 is 10.5 Å². The van der Waals surface area contributed by atoms with Gasteiger partial charge in [-0.15, -0.1) is 0 Å². The van der Waals surface area contributed by atoms with Crippen LogP contribution in [-0.4, -0.2) is 29.3 Å². The van der Waals surface area contributed by atoms with E-state index in [0.29, 0.717) is 30.8 Å². The summed E-state index contributed by atoms with van der Waals surface area (Å²) in [5.74, 6) is -0.509. The molecule has 28 heavy (non-hydrogen) atoms. The Balaban J connectivity index is 1.53. The third-order valence-electron chi connectivity index (χ3n) is 5.59. The highest BCUT2D eigenvalue weighted by molar-refractivity contribution is 7.90. The molecule has 2 aromatic heterocycles. The lowest BCUT2D eigenvalue weighted by molar-refractivity contribution is 0.550. The van der Waals surface area contributed by atoms with Gasteiger partial charge in [-0.1, -0.05) is 6.07 Å². The zero-order valence-corrected chi connectivity index (χ0v) is 16.0. The van der Waals surface area contributed by atoms with E-state index in [2.05, 4.69) is 14.3 Å². The summed E-state index contributed by atoms with van der Waals surface area (Å²) in [6.45, 7) is 0.426. The van der Waals surface area contributed by atoms with Crippen LogP contribution in [0, 0.1) is 5.95 Å². The standard InChI is InChI=1S/C20H21FN4O2S/c21-20-3-1-2-13(23-20)11-25-18-7-4-12(22)8-16(18)17-9-14(10-19(17)25)24-28(26,27)15-5-6-15/h1-4,7-8,14-15,24H,5-6,9-11,22H2/t14-/m1/s1. The summed E-state index contributed by atoms with van der Waals surface area (Å²) in [6, 6.07) is 10.3. The zero-order chi connectivity index (χ0) is 19.5. The molecule has 0 spiro atoms. The molecule has 3 N–H and O–H groups in total. The molecule has 5 rings (SSSR count). The molecule has 0 amide bonds. The molecule has 2 aliphatic carbocycles. The Bertz CT molecular complexity index is 1180. The molecule has 2 heterocycles. The van der Waals surface area contributed by atoms with Crippen LogP contribution in [0.4, 0.5) is 10.1 Å². The van der Waals surface area contributed by atoms with E-state index in [4.69, 9.17) is 5.73 Å². The maximum atomic E-state index is 13.6. The Morgan fingerprint density at radius 2 is 2.04 bits per heavy atom. The van der Waals surface area contributed by atoms with Crippen LogP contribution in [-0.2, 0) is 29.4 Å². The van der Waals surface area contributed by atoms with Crippen molar-refractivity contribution < 1.29 is 12.8 Å². The zero-order valence-electron chi connectivity index (χ0n) is 15.2. The number of anilines is 1. The van der Waals surface area contributed by atoms with E-state index in [1.165, 1.54) is 6.07 Å². The molecule has 1 aromatic carbocycles. The fourth-order valence-electron chi connectivity index (χ4n) is 4.18. The van der Waals surface area contributed by atoms with Crippen molar-refractivity contribution in [2.45, 2.75) is 43.5 Å². The van der Waals surface area contributed by atoms with Gasteiger partial charge in [0.2, 0.25) is 16.0 Å². The Labute approximate surface area is 162 Å². The topological polar surface area (TPSA) is 90.0 Å². The molecule has 0 unspecified atom stereocenters. The van der Waals surface area contributed by atoms with Crippen molar-refractivity contribution in [1.29, 1.82) is 0 Å². The monoisotopic (exact) mass is 400 g/mol. The third kappa shape index (κ3) is 3.06. The first kappa shape index (κ1) is 17.6. The lowest BCUT2D eigenvalue weighted by Gasteiger charge is -2.15. The molecule has 1 fully saturated rings. The minimum atomic E-state index is -3.25. The second-order valence-electron chi connectivity index (χ2n) is 7.71. The number of hydrogen-bond acceptors (Lipinski definition) is 4. The van der Waals surface area contributed by atoms with Crippen molar-refractivity contribution in [2.75, 3.05) is 5.73 Å². The summed E-state index contributed by atoms with van der Waals surface area (Å²) in [5, 5.41) is 0.790. The average Bonchev–Trinajstić information content (AvgIpc) is 3.37. The first-order valence-corrected chi connectivity index (χ1v) is 11.0. The van der Waals surface area contributed by atoms with Gasteiger partial charge in [0.25, 0.3) is 0 Å². The van der Waals surface area contributed by atoms with Crippen LogP contribution in [0.1, 0.15) is 29.8 Å². The number of benzene rings is 1. The van der Waals surface area contributed by atoms with E-state index < -0.39 is 16.0 Å². The van der Waals surface area contributed by atoms with Crippen molar-refractivity contribution in [3.8, 4) is 0 Å². The molecule has 1 saturated carbocycles. The molecule has 146 valence electrons. The van der Waals surface area contributed by atoms with Crippen LogP contribution in [0.2, 0.25) is 0 Å². The summed E-state index contributed by atoms with van der Waals surface area (Å²) in [6.07, 6.45) is 2.72. The summed E-state index contributed by atoms with van der Waals surface area (Å²) in [5.41, 5.74) is 10.5. The molecule has 0 saturated heterocycles. The van der Waals surface area contributed by atoms with E-state index in [9.17, 15) is 12.8 Å². The molecule has 0 radical (unpaired) electrons. The van der Waals surface area contributed by atoms with E-state index >= 15 is 0 Å². The molecule has 0 aliphatic heterocycles. The third-order valence-corrected chi connectivity index (χ3v) is 7.60. The van der Waals surface area contributed by atoms with E-state index in [1.54, 1.807) is 12.1 Å². The Hall–Kier alpha value is -2.45. The minimum Gasteiger partial charge on any atom is -0.399 e. The largest absolute Gasteiger partial charge is 0.399 e. The number of nitrogens with two attached hydrogens (primary N) is 1. The number of nitrogen functional groups attached to an aromatic ring is 1. The second kappa shape index (κ2) is 6.28. The molecule has 2 aliphatic rings.